The Labute approximate surface area is 76.2 Å². The maximum absolute atomic E-state index is 9.99. The molecule has 46 valence electrons. The summed E-state index contributed by atoms with van der Waals surface area (Å²) in [5.41, 5.74) is 0. The average molecular weight is 156 g/mol. The van der Waals surface area contributed by atoms with Crippen molar-refractivity contribution in [3.63, 3.8) is 0 Å². The molecule has 0 amide bonds. The third-order valence-electron chi connectivity index (χ3n) is 1.08. The molecule has 0 aromatic rings. The van der Waals surface area contributed by atoms with E-state index in [1.165, 1.54) is 6.08 Å². The van der Waals surface area contributed by atoms with E-state index in [9.17, 15) is 13.0 Å². The van der Waals surface area contributed by atoms with Gasteiger partial charge < -0.3 is 4.55 Å². The van der Waals surface area contributed by atoms with Gasteiger partial charge in [0.15, 0.2) is 0 Å². The molecule has 0 aliphatic heterocycles. The van der Waals surface area contributed by atoms with E-state index < -0.39 is 10.1 Å². The van der Waals surface area contributed by atoms with Crippen molar-refractivity contribution >= 4 is 10.1 Å². The molecule has 1 aliphatic rings. The third kappa shape index (κ3) is 2.39. The quantitative estimate of drug-likeness (QED) is 0.304. The monoisotopic (exact) mass is 156 g/mol. The van der Waals surface area contributed by atoms with Crippen LogP contribution in [0.4, 0.5) is 0 Å². The van der Waals surface area contributed by atoms with Crippen LogP contribution < -0.4 is 29.6 Å². The Kier molecular flexibility index (Phi) is 3.39. The van der Waals surface area contributed by atoms with Gasteiger partial charge in [0, 0.05) is 4.91 Å². The van der Waals surface area contributed by atoms with E-state index in [0.29, 0.717) is 6.42 Å². The van der Waals surface area contributed by atoms with Crippen molar-refractivity contribution in [1.29, 1.82) is 0 Å². The van der Waals surface area contributed by atoms with Crippen molar-refractivity contribution < 1.29 is 42.5 Å². The van der Waals surface area contributed by atoms with Gasteiger partial charge in [0.1, 0.15) is 10.1 Å². The third-order valence-corrected chi connectivity index (χ3v) is 2.10. The van der Waals surface area contributed by atoms with Crippen LogP contribution in [0.15, 0.2) is 11.0 Å². The normalized spacial score (nSPS) is 17.2. The Morgan fingerprint density at radius 3 is 2.00 bits per heavy atom. The van der Waals surface area contributed by atoms with E-state index in [4.69, 9.17) is 0 Å². The van der Waals surface area contributed by atoms with Crippen LogP contribution in [-0.2, 0) is 10.1 Å². The molecule has 0 unspecified atom stereocenters. The maximum Gasteiger partial charge on any atom is 1.00 e. The second kappa shape index (κ2) is 3.16. The summed E-state index contributed by atoms with van der Waals surface area (Å²) in [6.07, 6.45) is 2.62. The molecule has 0 atom stereocenters. The molecular weight excluding hydrogens is 151 g/mol. The van der Waals surface area contributed by atoms with Crippen molar-refractivity contribution in [2.75, 3.05) is 0 Å². The first-order chi connectivity index (χ1) is 3.61. The fourth-order valence-electron chi connectivity index (χ4n) is 0.489. The molecular formula is C4H5NaO3S. The first-order valence-electron chi connectivity index (χ1n) is 2.25. The van der Waals surface area contributed by atoms with Gasteiger partial charge in [0.05, 0.1) is 0 Å². The maximum atomic E-state index is 9.99. The van der Waals surface area contributed by atoms with Crippen LogP contribution in [0.1, 0.15) is 12.8 Å². The average Bonchev–Trinajstić information content (AvgIpc) is 1.16. The van der Waals surface area contributed by atoms with Crippen LogP contribution in [-0.4, -0.2) is 13.0 Å². The minimum Gasteiger partial charge on any atom is -0.744 e. The van der Waals surface area contributed by atoms with Crippen LogP contribution in [0, 0.1) is 0 Å². The first-order valence-corrected chi connectivity index (χ1v) is 3.66. The van der Waals surface area contributed by atoms with Gasteiger partial charge in [0.2, 0.25) is 0 Å². The van der Waals surface area contributed by atoms with E-state index in [-0.39, 0.29) is 34.5 Å². The molecule has 0 saturated carbocycles. The summed E-state index contributed by atoms with van der Waals surface area (Å²) in [5.74, 6) is 0. The summed E-state index contributed by atoms with van der Waals surface area (Å²) in [6.45, 7) is 0. The van der Waals surface area contributed by atoms with Gasteiger partial charge in [-0.1, -0.05) is 6.08 Å². The fourth-order valence-corrected chi connectivity index (χ4v) is 1.18. The zero-order chi connectivity index (χ0) is 6.20. The fraction of sp³-hybridized carbons (Fsp3) is 0.500. The molecule has 1 rings (SSSR count). The second-order valence-electron chi connectivity index (χ2n) is 1.66. The summed E-state index contributed by atoms with van der Waals surface area (Å²) < 4.78 is 30.0. The standard InChI is InChI=1S/C4H6O3S.Na/c5-8(6,7)4-2-1-3-4;/h2H,1,3H2,(H,5,6,7);/q;+1/p-1. The van der Waals surface area contributed by atoms with E-state index >= 15 is 0 Å². The van der Waals surface area contributed by atoms with Gasteiger partial charge in [-0.15, -0.1) is 0 Å². The van der Waals surface area contributed by atoms with Crippen LogP contribution in [0.2, 0.25) is 0 Å². The number of allylic oxidation sites excluding steroid dienone is 2. The second-order valence-corrected chi connectivity index (χ2v) is 3.10. The van der Waals surface area contributed by atoms with Crippen molar-refractivity contribution in [1.82, 2.24) is 0 Å². The van der Waals surface area contributed by atoms with Crippen molar-refractivity contribution in [2.24, 2.45) is 0 Å². The van der Waals surface area contributed by atoms with Crippen LogP contribution in [0.25, 0.3) is 0 Å². The van der Waals surface area contributed by atoms with Gasteiger partial charge in [-0.25, -0.2) is 8.42 Å². The number of hydrogen-bond donors (Lipinski definition) is 0. The number of rotatable bonds is 1. The zero-order valence-electron chi connectivity index (χ0n) is 5.12. The van der Waals surface area contributed by atoms with Crippen LogP contribution in [0.3, 0.4) is 0 Å². The molecule has 5 heteroatoms. The topological polar surface area (TPSA) is 57.2 Å². The van der Waals surface area contributed by atoms with Crippen LogP contribution >= 0.6 is 0 Å². The molecule has 0 heterocycles. The molecule has 0 aromatic heterocycles. The van der Waals surface area contributed by atoms with Gasteiger partial charge in [-0.05, 0) is 12.8 Å². The number of hydrogen-bond acceptors (Lipinski definition) is 3. The molecule has 0 spiro atoms. The Morgan fingerprint density at radius 2 is 2.00 bits per heavy atom. The van der Waals surface area contributed by atoms with Crippen LogP contribution in [0.5, 0.6) is 0 Å². The minimum atomic E-state index is -4.05. The van der Waals surface area contributed by atoms with Crippen molar-refractivity contribution in [3.8, 4) is 0 Å². The summed E-state index contributed by atoms with van der Waals surface area (Å²) in [4.78, 5) is 0.0532. The Balaban J connectivity index is 0.000000640. The molecule has 0 N–H and O–H groups in total. The predicted octanol–water partition coefficient (Wildman–Crippen LogP) is -2.79. The zero-order valence-corrected chi connectivity index (χ0v) is 7.94. The van der Waals surface area contributed by atoms with E-state index in [2.05, 4.69) is 0 Å². The van der Waals surface area contributed by atoms with Gasteiger partial charge >= 0.3 is 29.6 Å². The minimum absolute atomic E-state index is 0. The summed E-state index contributed by atoms with van der Waals surface area (Å²) in [6, 6.07) is 0. The molecule has 0 aromatic carbocycles. The molecule has 0 fully saturated rings. The van der Waals surface area contributed by atoms with Gasteiger partial charge in [-0.2, -0.15) is 0 Å². The van der Waals surface area contributed by atoms with E-state index in [1.807, 2.05) is 0 Å². The van der Waals surface area contributed by atoms with Crippen molar-refractivity contribution in [3.05, 3.63) is 11.0 Å². The van der Waals surface area contributed by atoms with Gasteiger partial charge in [0.25, 0.3) is 0 Å². The summed E-state index contributed by atoms with van der Waals surface area (Å²) in [7, 11) is -4.05. The Bertz CT molecular complexity index is 216. The summed E-state index contributed by atoms with van der Waals surface area (Å²) >= 11 is 0. The molecule has 0 bridgehead atoms. The molecule has 0 radical (unpaired) electrons. The van der Waals surface area contributed by atoms with Crippen molar-refractivity contribution in [2.45, 2.75) is 12.8 Å². The molecule has 0 saturated heterocycles. The molecule has 9 heavy (non-hydrogen) atoms. The smallest absolute Gasteiger partial charge is 0.744 e. The Hall–Kier alpha value is 0.650. The molecule has 1 aliphatic carbocycles. The molecule has 3 nitrogen and oxygen atoms in total. The van der Waals surface area contributed by atoms with Gasteiger partial charge in [-0.3, -0.25) is 0 Å². The Morgan fingerprint density at radius 1 is 1.56 bits per heavy atom. The first kappa shape index (κ1) is 9.65. The largest absolute Gasteiger partial charge is 1.00 e. The van der Waals surface area contributed by atoms with E-state index in [1.54, 1.807) is 0 Å². The SMILES string of the molecule is O=S(=O)([O-])C1=CCC1.[Na+]. The summed E-state index contributed by atoms with van der Waals surface area (Å²) in [5, 5.41) is 0. The van der Waals surface area contributed by atoms with E-state index in [0.717, 1.165) is 6.42 Å². The predicted molar refractivity (Wildman–Crippen MR) is 27.0 cm³/mol.